The molecule has 160 valence electrons. The quantitative estimate of drug-likeness (QED) is 0.399. The van der Waals surface area contributed by atoms with Gasteiger partial charge in [0.15, 0.2) is 0 Å². The Hall–Kier alpha value is -4.58. The molecule has 5 heteroatoms. The number of benzene rings is 3. The van der Waals surface area contributed by atoms with Crippen molar-refractivity contribution in [2.75, 3.05) is 0 Å². The van der Waals surface area contributed by atoms with E-state index in [1.165, 1.54) is 0 Å². The Balaban J connectivity index is 2.12. The van der Waals surface area contributed by atoms with Crippen LogP contribution in [0, 0.1) is 42.7 Å². The zero-order chi connectivity index (χ0) is 23.6. The standard InChI is InChI=1S/C28H22N4O/c1-20-22(9-11-29)13-24(14-23(20)10-12-30)25-15-26(17-31-2)28(27(16-25)18-32-3)33-19-21-7-5-4-6-8-21/h4-8,13-16H,9-10,17-19H2,1H3. The summed E-state index contributed by atoms with van der Waals surface area (Å²) in [6.07, 6.45) is 0.500. The number of hydrogen-bond donors (Lipinski definition) is 0. The lowest BCUT2D eigenvalue weighted by molar-refractivity contribution is 0.301. The van der Waals surface area contributed by atoms with Crippen molar-refractivity contribution in [3.8, 4) is 29.0 Å². The predicted molar refractivity (Wildman–Crippen MR) is 127 cm³/mol. The van der Waals surface area contributed by atoms with E-state index in [0.29, 0.717) is 12.4 Å². The zero-order valence-corrected chi connectivity index (χ0v) is 18.4. The molecule has 0 spiro atoms. The molecule has 0 aliphatic rings. The Bertz CT molecular complexity index is 1240. The lowest BCUT2D eigenvalue weighted by Gasteiger charge is -2.16. The molecule has 0 aliphatic heterocycles. The summed E-state index contributed by atoms with van der Waals surface area (Å²) in [5.74, 6) is 0.580. The second-order valence-electron chi connectivity index (χ2n) is 7.62. The van der Waals surface area contributed by atoms with Gasteiger partial charge in [-0.05, 0) is 64.6 Å². The van der Waals surface area contributed by atoms with E-state index in [0.717, 1.165) is 44.5 Å². The highest BCUT2D eigenvalue weighted by Crippen LogP contribution is 2.35. The van der Waals surface area contributed by atoms with Gasteiger partial charge in [0.25, 0.3) is 0 Å². The Morgan fingerprint density at radius 3 is 1.73 bits per heavy atom. The van der Waals surface area contributed by atoms with E-state index >= 15 is 0 Å². The fourth-order valence-corrected chi connectivity index (χ4v) is 3.79. The van der Waals surface area contributed by atoms with Gasteiger partial charge in [-0.1, -0.05) is 30.3 Å². The van der Waals surface area contributed by atoms with Crippen LogP contribution < -0.4 is 4.74 Å². The first-order valence-electron chi connectivity index (χ1n) is 10.5. The molecule has 3 rings (SSSR count). The third kappa shape index (κ3) is 5.57. The third-order valence-electron chi connectivity index (χ3n) is 5.46. The summed E-state index contributed by atoms with van der Waals surface area (Å²) in [6.45, 7) is 17.4. The zero-order valence-electron chi connectivity index (χ0n) is 18.4. The first kappa shape index (κ1) is 23.1. The molecule has 0 amide bonds. The topological polar surface area (TPSA) is 65.5 Å². The van der Waals surface area contributed by atoms with E-state index in [4.69, 9.17) is 17.9 Å². The largest absolute Gasteiger partial charge is 0.488 e. The van der Waals surface area contributed by atoms with Crippen LogP contribution in [0.25, 0.3) is 20.8 Å². The molecule has 0 bridgehead atoms. The van der Waals surface area contributed by atoms with Crippen LogP contribution in [0.1, 0.15) is 33.4 Å². The van der Waals surface area contributed by atoms with E-state index in [2.05, 4.69) is 21.8 Å². The van der Waals surface area contributed by atoms with Gasteiger partial charge in [-0.3, -0.25) is 0 Å². The minimum absolute atomic E-state index is 0.130. The number of rotatable bonds is 8. The first-order chi connectivity index (χ1) is 16.1. The summed E-state index contributed by atoms with van der Waals surface area (Å²) in [6, 6.07) is 21.9. The molecule has 3 aromatic carbocycles. The smallest absolute Gasteiger partial charge is 0.243 e. The van der Waals surface area contributed by atoms with Gasteiger partial charge in [-0.25, -0.2) is 13.1 Å². The van der Waals surface area contributed by atoms with Crippen molar-refractivity contribution in [1.82, 2.24) is 0 Å². The minimum Gasteiger partial charge on any atom is -0.488 e. The van der Waals surface area contributed by atoms with Crippen LogP contribution in [-0.4, -0.2) is 0 Å². The fourth-order valence-electron chi connectivity index (χ4n) is 3.79. The second-order valence-corrected chi connectivity index (χ2v) is 7.62. The summed E-state index contributed by atoms with van der Waals surface area (Å²) in [7, 11) is 0. The molecule has 0 aliphatic carbocycles. The summed E-state index contributed by atoms with van der Waals surface area (Å²) in [5, 5.41) is 18.5. The molecule has 33 heavy (non-hydrogen) atoms. The highest BCUT2D eigenvalue weighted by atomic mass is 16.5. The van der Waals surface area contributed by atoms with Crippen LogP contribution >= 0.6 is 0 Å². The average Bonchev–Trinajstić information content (AvgIpc) is 2.82. The molecule has 0 radical (unpaired) electrons. The summed E-state index contributed by atoms with van der Waals surface area (Å²) < 4.78 is 6.12. The van der Waals surface area contributed by atoms with Gasteiger partial charge in [-0.2, -0.15) is 10.5 Å². The monoisotopic (exact) mass is 430 g/mol. The number of hydrogen-bond acceptors (Lipinski definition) is 3. The van der Waals surface area contributed by atoms with E-state index in [1.807, 2.05) is 61.5 Å². The van der Waals surface area contributed by atoms with Crippen molar-refractivity contribution in [3.63, 3.8) is 0 Å². The Labute approximate surface area is 194 Å². The Morgan fingerprint density at radius 2 is 1.27 bits per heavy atom. The van der Waals surface area contributed by atoms with Gasteiger partial charge in [0.05, 0.1) is 36.1 Å². The third-order valence-corrected chi connectivity index (χ3v) is 5.46. The molecule has 0 saturated carbocycles. The van der Waals surface area contributed by atoms with Crippen molar-refractivity contribution in [2.45, 2.75) is 39.5 Å². The Morgan fingerprint density at radius 1 is 0.788 bits per heavy atom. The second kappa shape index (κ2) is 11.2. The molecule has 0 heterocycles. The summed E-state index contributed by atoms with van der Waals surface area (Å²) >= 11 is 0. The lowest BCUT2D eigenvalue weighted by atomic mass is 9.91. The van der Waals surface area contributed by atoms with Crippen molar-refractivity contribution in [3.05, 3.63) is 111 Å². The van der Waals surface area contributed by atoms with Gasteiger partial charge >= 0.3 is 0 Å². The van der Waals surface area contributed by atoms with Crippen molar-refractivity contribution in [2.24, 2.45) is 0 Å². The lowest BCUT2D eigenvalue weighted by Crippen LogP contribution is -2.03. The van der Waals surface area contributed by atoms with E-state index in [9.17, 15) is 10.5 Å². The maximum Gasteiger partial charge on any atom is 0.243 e. The van der Waals surface area contributed by atoms with Gasteiger partial charge in [0, 0.05) is 0 Å². The SMILES string of the molecule is [C-]#[N+]Cc1cc(-c2cc(CC#N)c(C)c(CC#N)c2)cc(C[N+]#[C-])c1OCc1ccccc1. The molecule has 0 atom stereocenters. The normalized spacial score (nSPS) is 9.85. The summed E-state index contributed by atoms with van der Waals surface area (Å²) in [5.41, 5.74) is 6.87. The van der Waals surface area contributed by atoms with Crippen molar-refractivity contribution >= 4 is 0 Å². The highest BCUT2D eigenvalue weighted by Gasteiger charge is 2.18. The molecule has 0 aromatic heterocycles. The average molecular weight is 431 g/mol. The van der Waals surface area contributed by atoms with Gasteiger partial charge < -0.3 is 14.4 Å². The molecule has 0 unspecified atom stereocenters. The van der Waals surface area contributed by atoms with E-state index < -0.39 is 0 Å². The van der Waals surface area contributed by atoms with Crippen LogP contribution in [0.2, 0.25) is 0 Å². The van der Waals surface area contributed by atoms with E-state index in [-0.39, 0.29) is 25.9 Å². The van der Waals surface area contributed by atoms with Crippen LogP contribution in [0.5, 0.6) is 5.75 Å². The van der Waals surface area contributed by atoms with Crippen molar-refractivity contribution < 1.29 is 4.74 Å². The van der Waals surface area contributed by atoms with Crippen LogP contribution in [0.15, 0.2) is 54.6 Å². The maximum atomic E-state index is 9.25. The fraction of sp³-hybridized carbons (Fsp3) is 0.214. The first-order valence-corrected chi connectivity index (χ1v) is 10.5. The molecule has 0 N–H and O–H groups in total. The van der Waals surface area contributed by atoms with Crippen molar-refractivity contribution in [1.29, 1.82) is 10.5 Å². The number of ether oxygens (including phenoxy) is 1. The molecular weight excluding hydrogens is 408 g/mol. The predicted octanol–water partition coefficient (Wildman–Crippen LogP) is 6.21. The molecular formula is C28H22N4O. The van der Waals surface area contributed by atoms with Crippen LogP contribution in [0.3, 0.4) is 0 Å². The molecule has 3 aromatic rings. The minimum atomic E-state index is 0.130. The van der Waals surface area contributed by atoms with E-state index in [1.54, 1.807) is 0 Å². The molecule has 5 nitrogen and oxygen atoms in total. The maximum absolute atomic E-state index is 9.25. The number of nitrogens with zero attached hydrogens (tertiary/aromatic N) is 4. The highest BCUT2D eigenvalue weighted by molar-refractivity contribution is 5.70. The van der Waals surface area contributed by atoms with Gasteiger partial charge in [-0.15, -0.1) is 0 Å². The number of nitriles is 2. The van der Waals surface area contributed by atoms with Gasteiger partial charge in [0.2, 0.25) is 13.1 Å². The van der Waals surface area contributed by atoms with Crippen LogP contribution in [0.4, 0.5) is 0 Å². The molecule has 0 fully saturated rings. The molecule has 0 saturated heterocycles. The van der Waals surface area contributed by atoms with Gasteiger partial charge in [0.1, 0.15) is 12.4 Å². The Kier molecular flexibility index (Phi) is 7.81. The van der Waals surface area contributed by atoms with Crippen LogP contribution in [-0.2, 0) is 32.5 Å². The summed E-state index contributed by atoms with van der Waals surface area (Å²) in [4.78, 5) is 7.14.